The van der Waals surface area contributed by atoms with Crippen molar-refractivity contribution in [2.24, 2.45) is 0 Å². The minimum atomic E-state index is -1.02. The van der Waals surface area contributed by atoms with Crippen molar-refractivity contribution in [2.45, 2.75) is 45.8 Å². The number of rotatable bonds is 3. The maximum absolute atomic E-state index is 11.4. The summed E-state index contributed by atoms with van der Waals surface area (Å²) in [5.74, 6) is -0.469. The van der Waals surface area contributed by atoms with Gasteiger partial charge in [-0.05, 0) is 34.6 Å². The monoisotopic (exact) mass is 186 g/mol. The summed E-state index contributed by atoms with van der Waals surface area (Å²) in [6.45, 7) is 8.43. The van der Waals surface area contributed by atoms with Gasteiger partial charge in [0.15, 0.2) is 0 Å². The molecule has 0 bridgehead atoms. The highest BCUT2D eigenvalue weighted by atomic mass is 16.6. The summed E-state index contributed by atoms with van der Waals surface area (Å²) in [6.07, 6.45) is 1.47. The number of ether oxygens (including phenoxy) is 1. The van der Waals surface area contributed by atoms with Crippen LogP contribution in [0.5, 0.6) is 0 Å². The number of esters is 1. The van der Waals surface area contributed by atoms with Gasteiger partial charge >= 0.3 is 12.4 Å². The molecule has 13 heavy (non-hydrogen) atoms. The van der Waals surface area contributed by atoms with E-state index in [1.807, 2.05) is 0 Å². The van der Waals surface area contributed by atoms with Crippen LogP contribution in [0.25, 0.3) is 0 Å². The second-order valence-corrected chi connectivity index (χ2v) is 4.35. The Morgan fingerprint density at radius 1 is 1.23 bits per heavy atom. The number of carbonyl (C=O) groups is 1. The predicted octanol–water partition coefficient (Wildman–Crippen LogP) is 0.763. The van der Waals surface area contributed by atoms with Gasteiger partial charge < -0.3 is 10.1 Å². The molecule has 4 heteroatoms. The van der Waals surface area contributed by atoms with Crippen LogP contribution in [0.3, 0.4) is 0 Å². The maximum atomic E-state index is 11.4. The molecule has 0 aromatic heterocycles. The van der Waals surface area contributed by atoms with E-state index < -0.39 is 17.1 Å². The summed E-state index contributed by atoms with van der Waals surface area (Å²) in [5, 5.41) is 2.26. The first kappa shape index (κ1) is 11.9. The molecule has 1 radical (unpaired) electrons. The summed E-state index contributed by atoms with van der Waals surface area (Å²) in [5.41, 5.74) is -1.56. The van der Waals surface area contributed by atoms with Gasteiger partial charge in [0.2, 0.25) is 0 Å². The van der Waals surface area contributed by atoms with Crippen molar-refractivity contribution in [1.82, 2.24) is 5.32 Å². The van der Waals surface area contributed by atoms with Crippen molar-refractivity contribution >= 4 is 12.4 Å². The van der Waals surface area contributed by atoms with Crippen molar-refractivity contribution in [1.29, 1.82) is 0 Å². The lowest BCUT2D eigenvalue weighted by molar-refractivity contribution is -0.161. The molecular formula is C9H16NO3. The van der Waals surface area contributed by atoms with E-state index in [-0.39, 0.29) is 0 Å². The molecule has 0 heterocycles. The van der Waals surface area contributed by atoms with E-state index in [2.05, 4.69) is 5.32 Å². The molecule has 0 saturated heterocycles. The lowest BCUT2D eigenvalue weighted by atomic mass is 10.1. The molecule has 1 amide bonds. The van der Waals surface area contributed by atoms with Gasteiger partial charge in [0.05, 0.1) is 0 Å². The Hall–Kier alpha value is -1.06. The van der Waals surface area contributed by atoms with Crippen LogP contribution in [0.4, 0.5) is 0 Å². The number of hydrogen-bond acceptors (Lipinski definition) is 3. The Balaban J connectivity index is 4.33. The van der Waals surface area contributed by atoms with Crippen molar-refractivity contribution < 1.29 is 14.3 Å². The largest absolute Gasteiger partial charge is 0.458 e. The molecule has 0 aliphatic carbocycles. The van der Waals surface area contributed by atoms with Gasteiger partial charge in [-0.15, -0.1) is 0 Å². The molecule has 0 unspecified atom stereocenters. The zero-order valence-corrected chi connectivity index (χ0v) is 8.72. The first-order chi connectivity index (χ1) is 5.69. The zero-order chi connectivity index (χ0) is 10.7. The minimum Gasteiger partial charge on any atom is -0.458 e. The van der Waals surface area contributed by atoms with Crippen molar-refractivity contribution in [3.63, 3.8) is 0 Å². The third-order valence-corrected chi connectivity index (χ3v) is 1.27. The molecule has 0 rings (SSSR count). The molecule has 75 valence electrons. The maximum Gasteiger partial charge on any atom is 0.331 e. The molecule has 1 N–H and O–H groups in total. The number of amides is 1. The molecule has 0 aromatic carbocycles. The fourth-order valence-corrected chi connectivity index (χ4v) is 0.584. The molecule has 0 aliphatic rings. The van der Waals surface area contributed by atoms with Crippen LogP contribution in [0.15, 0.2) is 0 Å². The molecule has 0 fully saturated rings. The van der Waals surface area contributed by atoms with Crippen LogP contribution in [0.2, 0.25) is 0 Å². The second-order valence-electron chi connectivity index (χ2n) is 4.35. The average Bonchev–Trinajstić information content (AvgIpc) is 1.82. The van der Waals surface area contributed by atoms with Gasteiger partial charge in [-0.2, -0.15) is 0 Å². The van der Waals surface area contributed by atoms with Crippen LogP contribution < -0.4 is 5.32 Å². The van der Waals surface area contributed by atoms with E-state index in [9.17, 15) is 9.59 Å². The van der Waals surface area contributed by atoms with Crippen LogP contribution in [-0.2, 0) is 14.3 Å². The fourth-order valence-electron chi connectivity index (χ4n) is 0.584. The van der Waals surface area contributed by atoms with E-state index in [1.54, 1.807) is 34.6 Å². The van der Waals surface area contributed by atoms with Gasteiger partial charge in [-0.3, -0.25) is 4.79 Å². The standard InChI is InChI=1S/C9H16NO3/c1-8(2,3)13-7(12)9(4,5)10-6-11/h1-5H3,(H,10,11). The molecule has 4 nitrogen and oxygen atoms in total. The fraction of sp³-hybridized carbons (Fsp3) is 0.778. The SMILES string of the molecule is CC(C)(C)OC(=O)C(C)(C)N[C]=O. The van der Waals surface area contributed by atoms with E-state index in [0.29, 0.717) is 0 Å². The normalized spacial score (nSPS) is 12.1. The van der Waals surface area contributed by atoms with Crippen molar-refractivity contribution in [3.05, 3.63) is 0 Å². The van der Waals surface area contributed by atoms with Crippen molar-refractivity contribution in [2.75, 3.05) is 0 Å². The van der Waals surface area contributed by atoms with E-state index in [1.165, 1.54) is 6.41 Å². The Bertz CT molecular complexity index is 203. The lowest BCUT2D eigenvalue weighted by Crippen LogP contribution is -2.49. The summed E-state index contributed by atoms with van der Waals surface area (Å²) < 4.78 is 5.07. The second kappa shape index (κ2) is 3.77. The number of carbonyl (C=O) groups excluding carboxylic acids is 2. The third-order valence-electron chi connectivity index (χ3n) is 1.27. The van der Waals surface area contributed by atoms with Crippen molar-refractivity contribution in [3.8, 4) is 0 Å². The molecule has 0 aromatic rings. The van der Waals surface area contributed by atoms with E-state index in [0.717, 1.165) is 0 Å². The average molecular weight is 186 g/mol. The number of nitrogens with one attached hydrogen (secondary N) is 1. The molecule has 0 saturated carbocycles. The summed E-state index contributed by atoms with van der Waals surface area (Å²) in [4.78, 5) is 21.5. The van der Waals surface area contributed by atoms with Gasteiger partial charge in [0, 0.05) is 0 Å². The summed E-state index contributed by atoms with van der Waals surface area (Å²) in [7, 11) is 0. The Morgan fingerprint density at radius 3 is 2.00 bits per heavy atom. The van der Waals surface area contributed by atoms with Crippen LogP contribution in [0, 0.1) is 0 Å². The predicted molar refractivity (Wildman–Crippen MR) is 48.8 cm³/mol. The zero-order valence-electron chi connectivity index (χ0n) is 8.72. The molecule has 0 aliphatic heterocycles. The Morgan fingerprint density at radius 2 is 1.69 bits per heavy atom. The van der Waals surface area contributed by atoms with E-state index >= 15 is 0 Å². The van der Waals surface area contributed by atoms with E-state index in [4.69, 9.17) is 4.74 Å². The van der Waals surface area contributed by atoms with Crippen LogP contribution in [-0.4, -0.2) is 23.5 Å². The summed E-state index contributed by atoms with van der Waals surface area (Å²) >= 11 is 0. The molecule has 0 atom stereocenters. The molecular weight excluding hydrogens is 170 g/mol. The molecule has 0 spiro atoms. The smallest absolute Gasteiger partial charge is 0.331 e. The van der Waals surface area contributed by atoms with Gasteiger partial charge in [-0.25, -0.2) is 4.79 Å². The third kappa shape index (κ3) is 4.50. The van der Waals surface area contributed by atoms with Gasteiger partial charge in [0.25, 0.3) is 0 Å². The quantitative estimate of drug-likeness (QED) is 0.523. The number of hydrogen-bond donors (Lipinski definition) is 1. The highest BCUT2D eigenvalue weighted by Crippen LogP contribution is 2.13. The van der Waals surface area contributed by atoms with Gasteiger partial charge in [0.1, 0.15) is 11.1 Å². The summed E-state index contributed by atoms with van der Waals surface area (Å²) in [6, 6.07) is 0. The first-order valence-corrected chi connectivity index (χ1v) is 4.07. The highest BCUT2D eigenvalue weighted by Gasteiger charge is 2.32. The van der Waals surface area contributed by atoms with Crippen LogP contribution >= 0.6 is 0 Å². The highest BCUT2D eigenvalue weighted by molar-refractivity contribution is 5.82. The first-order valence-electron chi connectivity index (χ1n) is 4.07. The van der Waals surface area contributed by atoms with Crippen LogP contribution in [0.1, 0.15) is 34.6 Å². The topological polar surface area (TPSA) is 55.4 Å². The Kier molecular flexibility index (Phi) is 3.46. The lowest BCUT2D eigenvalue weighted by Gasteiger charge is -2.27. The Labute approximate surface area is 78.6 Å². The minimum absolute atomic E-state index is 0.469. The van der Waals surface area contributed by atoms with Gasteiger partial charge in [-0.1, -0.05) is 0 Å².